The number of hydrogen-bond acceptors (Lipinski definition) is 7. The molecule has 0 fully saturated rings. The molecule has 0 amide bonds. The summed E-state index contributed by atoms with van der Waals surface area (Å²) >= 11 is 0. The van der Waals surface area contributed by atoms with Gasteiger partial charge in [-0.25, -0.2) is 0 Å². The average molecular weight is 499 g/mol. The molecule has 8 heteroatoms. The number of ether oxygens (including phenoxy) is 2. The lowest BCUT2D eigenvalue weighted by Gasteiger charge is -2.20. The third-order valence-corrected chi connectivity index (χ3v) is 6.28. The first-order valence-electron chi connectivity index (χ1n) is 12.5. The normalized spacial score (nSPS) is 15.1. The van der Waals surface area contributed by atoms with Gasteiger partial charge >= 0.3 is 5.97 Å². The van der Waals surface area contributed by atoms with Crippen LogP contribution >= 0.6 is 0 Å². The number of aryl methyl sites for hydroxylation is 1. The number of aromatic nitrogens is 3. The zero-order valence-corrected chi connectivity index (χ0v) is 21.7. The zero-order chi connectivity index (χ0) is 26.3. The number of hydrogen-bond donors (Lipinski definition) is 0. The highest BCUT2D eigenvalue weighted by Crippen LogP contribution is 2.38. The van der Waals surface area contributed by atoms with Gasteiger partial charge in [-0.3, -0.25) is 4.79 Å². The van der Waals surface area contributed by atoms with E-state index < -0.39 is 5.60 Å². The third kappa shape index (κ3) is 5.08. The molecular formula is C29H30N4O4. The number of nitriles is 1. The van der Waals surface area contributed by atoms with Gasteiger partial charge in [-0.2, -0.15) is 10.2 Å². The SMILES string of the molecule is CC(C)Oc1ccc(-c2nc(-c3ccc4c(c3)cc3n4CCC3CC(=O)OC(C)(C)C)no2)cc1C#N. The third-order valence-electron chi connectivity index (χ3n) is 6.28. The highest BCUT2D eigenvalue weighted by atomic mass is 16.6. The largest absolute Gasteiger partial charge is 0.490 e. The van der Waals surface area contributed by atoms with Gasteiger partial charge < -0.3 is 18.6 Å². The summed E-state index contributed by atoms with van der Waals surface area (Å²) in [5.74, 6) is 1.30. The molecule has 4 aromatic rings. The summed E-state index contributed by atoms with van der Waals surface area (Å²) < 4.78 is 19.1. The summed E-state index contributed by atoms with van der Waals surface area (Å²) in [4.78, 5) is 17.0. The highest BCUT2D eigenvalue weighted by molar-refractivity contribution is 5.86. The molecule has 3 heterocycles. The second-order valence-corrected chi connectivity index (χ2v) is 10.7. The van der Waals surface area contributed by atoms with E-state index in [-0.39, 0.29) is 18.0 Å². The monoisotopic (exact) mass is 498 g/mol. The van der Waals surface area contributed by atoms with Crippen LogP contribution in [0.1, 0.15) is 64.6 Å². The topological polar surface area (TPSA) is 103 Å². The molecule has 0 spiro atoms. The molecule has 2 aromatic heterocycles. The molecule has 0 aliphatic carbocycles. The molecule has 1 unspecified atom stereocenters. The maximum atomic E-state index is 12.4. The summed E-state index contributed by atoms with van der Waals surface area (Å²) in [5, 5.41) is 14.8. The molecule has 0 radical (unpaired) electrons. The average Bonchev–Trinajstić information content (AvgIpc) is 3.54. The lowest BCUT2D eigenvalue weighted by Crippen LogP contribution is -2.24. The highest BCUT2D eigenvalue weighted by Gasteiger charge is 2.29. The number of benzene rings is 2. The fourth-order valence-corrected chi connectivity index (χ4v) is 4.81. The summed E-state index contributed by atoms with van der Waals surface area (Å²) in [6.45, 7) is 10.4. The fourth-order valence-electron chi connectivity index (χ4n) is 4.81. The summed E-state index contributed by atoms with van der Waals surface area (Å²) in [5.41, 5.74) is 3.68. The first-order chi connectivity index (χ1) is 17.6. The molecular weight excluding hydrogens is 468 g/mol. The van der Waals surface area contributed by atoms with E-state index in [1.807, 2.05) is 52.8 Å². The van der Waals surface area contributed by atoms with E-state index in [9.17, 15) is 10.1 Å². The van der Waals surface area contributed by atoms with Crippen molar-refractivity contribution in [1.82, 2.24) is 14.7 Å². The van der Waals surface area contributed by atoms with Crippen LogP contribution in [0.2, 0.25) is 0 Å². The summed E-state index contributed by atoms with van der Waals surface area (Å²) in [6, 6.07) is 15.7. The van der Waals surface area contributed by atoms with Crippen LogP contribution in [0.5, 0.6) is 5.75 Å². The number of nitrogens with zero attached hydrogens (tertiary/aromatic N) is 4. The van der Waals surface area contributed by atoms with Crippen molar-refractivity contribution in [2.75, 3.05) is 0 Å². The molecule has 1 atom stereocenters. The van der Waals surface area contributed by atoms with Crippen molar-refractivity contribution in [3.05, 3.63) is 53.7 Å². The van der Waals surface area contributed by atoms with Crippen molar-refractivity contribution >= 4 is 16.9 Å². The van der Waals surface area contributed by atoms with Crippen LogP contribution in [0.15, 0.2) is 47.0 Å². The van der Waals surface area contributed by atoms with Gasteiger partial charge in [0.25, 0.3) is 5.89 Å². The van der Waals surface area contributed by atoms with Gasteiger partial charge in [0, 0.05) is 40.2 Å². The molecule has 0 bridgehead atoms. The standard InChI is InChI=1S/C29H30N4O4/c1-17(2)35-25-9-7-20(13-22(25)16-30)28-31-27(32-37-28)19-6-8-23-21(12-19)14-24-18(10-11-33(23)24)15-26(34)36-29(3,4)5/h6-9,12-14,17-18H,10-11,15H2,1-5H3. The van der Waals surface area contributed by atoms with Crippen LogP contribution in [0.4, 0.5) is 0 Å². The molecule has 8 nitrogen and oxygen atoms in total. The number of rotatable bonds is 6. The summed E-state index contributed by atoms with van der Waals surface area (Å²) in [7, 11) is 0. The van der Waals surface area contributed by atoms with Gasteiger partial charge in [-0.05, 0) is 83.5 Å². The lowest BCUT2D eigenvalue weighted by atomic mass is 10.00. The molecule has 190 valence electrons. The first-order valence-corrected chi connectivity index (χ1v) is 12.5. The number of fused-ring (bicyclic) bond motifs is 3. The molecule has 0 N–H and O–H groups in total. The van der Waals surface area contributed by atoms with E-state index >= 15 is 0 Å². The van der Waals surface area contributed by atoms with Crippen LogP contribution in [0.3, 0.4) is 0 Å². The lowest BCUT2D eigenvalue weighted by molar-refractivity contribution is -0.155. The molecule has 2 aromatic carbocycles. The minimum absolute atomic E-state index is 0.0359. The van der Waals surface area contributed by atoms with Crippen molar-refractivity contribution in [2.45, 2.75) is 71.6 Å². The maximum absolute atomic E-state index is 12.4. The molecule has 1 aliphatic heterocycles. The molecule has 0 saturated heterocycles. The van der Waals surface area contributed by atoms with Crippen molar-refractivity contribution in [3.63, 3.8) is 0 Å². The predicted octanol–water partition coefficient (Wildman–Crippen LogP) is 6.24. The maximum Gasteiger partial charge on any atom is 0.306 e. The van der Waals surface area contributed by atoms with Gasteiger partial charge in [0.15, 0.2) is 0 Å². The number of carbonyl (C=O) groups excluding carboxylic acids is 1. The quantitative estimate of drug-likeness (QED) is 0.290. The van der Waals surface area contributed by atoms with Gasteiger partial charge in [0.2, 0.25) is 5.82 Å². The summed E-state index contributed by atoms with van der Waals surface area (Å²) in [6.07, 6.45) is 1.26. The van der Waals surface area contributed by atoms with Crippen molar-refractivity contribution in [2.24, 2.45) is 0 Å². The van der Waals surface area contributed by atoms with Gasteiger partial charge in [-0.15, -0.1) is 0 Å². The number of carbonyl (C=O) groups is 1. The van der Waals surface area contributed by atoms with Crippen LogP contribution in [0, 0.1) is 11.3 Å². The Morgan fingerprint density at radius 1 is 1.19 bits per heavy atom. The Morgan fingerprint density at radius 2 is 1.97 bits per heavy atom. The predicted molar refractivity (Wildman–Crippen MR) is 139 cm³/mol. The van der Waals surface area contributed by atoms with E-state index in [4.69, 9.17) is 14.0 Å². The van der Waals surface area contributed by atoms with Crippen molar-refractivity contribution in [3.8, 4) is 34.7 Å². The van der Waals surface area contributed by atoms with E-state index in [1.165, 1.54) is 0 Å². The first kappa shape index (κ1) is 24.6. The van der Waals surface area contributed by atoms with E-state index in [1.54, 1.807) is 12.1 Å². The molecule has 37 heavy (non-hydrogen) atoms. The Bertz CT molecular complexity index is 1520. The van der Waals surface area contributed by atoms with Crippen LogP contribution in [-0.4, -0.2) is 32.4 Å². The Hall–Kier alpha value is -4.12. The number of esters is 1. The Morgan fingerprint density at radius 3 is 2.70 bits per heavy atom. The van der Waals surface area contributed by atoms with Crippen LogP contribution < -0.4 is 4.74 Å². The van der Waals surface area contributed by atoms with E-state index in [0.29, 0.717) is 35.0 Å². The second-order valence-electron chi connectivity index (χ2n) is 10.7. The van der Waals surface area contributed by atoms with Crippen LogP contribution in [0.25, 0.3) is 33.7 Å². The molecule has 5 rings (SSSR count). The Balaban J connectivity index is 1.39. The smallest absolute Gasteiger partial charge is 0.306 e. The van der Waals surface area contributed by atoms with Crippen LogP contribution in [-0.2, 0) is 16.1 Å². The Kier molecular flexibility index (Phi) is 6.24. The second kappa shape index (κ2) is 9.40. The van der Waals surface area contributed by atoms with Crippen molar-refractivity contribution in [1.29, 1.82) is 5.26 Å². The van der Waals surface area contributed by atoms with Crippen molar-refractivity contribution < 1.29 is 18.8 Å². The zero-order valence-electron chi connectivity index (χ0n) is 21.7. The van der Waals surface area contributed by atoms with E-state index in [0.717, 1.165) is 35.1 Å². The minimum atomic E-state index is -0.485. The fraction of sp³-hybridized carbons (Fsp3) is 0.379. The van der Waals surface area contributed by atoms with Gasteiger partial charge in [0.1, 0.15) is 17.4 Å². The molecule has 0 saturated carbocycles. The van der Waals surface area contributed by atoms with Gasteiger partial charge in [-0.1, -0.05) is 5.16 Å². The van der Waals surface area contributed by atoms with E-state index in [2.05, 4.69) is 32.9 Å². The minimum Gasteiger partial charge on any atom is -0.490 e. The Labute approximate surface area is 215 Å². The molecule has 1 aliphatic rings. The van der Waals surface area contributed by atoms with Gasteiger partial charge in [0.05, 0.1) is 18.1 Å².